The smallest absolute Gasteiger partial charge is 0.161 e. The number of hydrogen-bond donors (Lipinski definition) is 0. The van der Waals surface area contributed by atoms with Gasteiger partial charge in [0.1, 0.15) is 0 Å². The highest BCUT2D eigenvalue weighted by Crippen LogP contribution is 2.27. The van der Waals surface area contributed by atoms with Gasteiger partial charge in [-0.05, 0) is 39.2 Å². The molecule has 0 radical (unpaired) electrons. The molecule has 0 atom stereocenters. The van der Waals surface area contributed by atoms with Gasteiger partial charge in [0.05, 0.1) is 0 Å². The summed E-state index contributed by atoms with van der Waals surface area (Å²) in [5.74, 6) is 0.739. The standard InChI is InChI=1S/C12H20O/c1-9(2)10(3)12(13)11-7-5-4-6-8-11/h11H,4-8H2,1-3H3. The van der Waals surface area contributed by atoms with Crippen LogP contribution < -0.4 is 0 Å². The normalized spacial score (nSPS) is 18.4. The van der Waals surface area contributed by atoms with Crippen LogP contribution in [0.3, 0.4) is 0 Å². The van der Waals surface area contributed by atoms with E-state index in [0.717, 1.165) is 18.4 Å². The van der Waals surface area contributed by atoms with E-state index in [9.17, 15) is 4.79 Å². The molecule has 1 rings (SSSR count). The van der Waals surface area contributed by atoms with Crippen molar-refractivity contribution in [2.45, 2.75) is 52.9 Å². The van der Waals surface area contributed by atoms with Crippen LogP contribution in [0, 0.1) is 5.92 Å². The van der Waals surface area contributed by atoms with Crippen LogP contribution in [0.1, 0.15) is 52.9 Å². The summed E-state index contributed by atoms with van der Waals surface area (Å²) < 4.78 is 0. The molecule has 0 aromatic rings. The minimum atomic E-state index is 0.337. The van der Waals surface area contributed by atoms with E-state index in [1.54, 1.807) is 0 Å². The number of hydrogen-bond acceptors (Lipinski definition) is 1. The van der Waals surface area contributed by atoms with Gasteiger partial charge in [0.2, 0.25) is 0 Å². The van der Waals surface area contributed by atoms with Crippen molar-refractivity contribution in [1.82, 2.24) is 0 Å². The van der Waals surface area contributed by atoms with Gasteiger partial charge in [0, 0.05) is 5.92 Å². The number of Topliss-reactive ketones (excluding diaryl/α,β-unsaturated/α-hetero) is 1. The van der Waals surface area contributed by atoms with Crippen LogP contribution in [-0.4, -0.2) is 5.78 Å². The molecule has 0 saturated heterocycles. The van der Waals surface area contributed by atoms with Crippen LogP contribution in [-0.2, 0) is 4.79 Å². The predicted octanol–water partition coefficient (Wildman–Crippen LogP) is 3.49. The molecule has 0 spiro atoms. The Morgan fingerprint density at radius 3 is 2.00 bits per heavy atom. The van der Waals surface area contributed by atoms with Crippen molar-refractivity contribution in [3.63, 3.8) is 0 Å². The molecular formula is C12H20O. The summed E-state index contributed by atoms with van der Waals surface area (Å²) in [7, 11) is 0. The summed E-state index contributed by atoms with van der Waals surface area (Å²) in [6, 6.07) is 0. The molecule has 0 N–H and O–H groups in total. The lowest BCUT2D eigenvalue weighted by Crippen LogP contribution is -2.18. The van der Waals surface area contributed by atoms with Gasteiger partial charge in [-0.2, -0.15) is 0 Å². The lowest BCUT2D eigenvalue weighted by atomic mass is 9.83. The fraction of sp³-hybridized carbons (Fsp3) is 0.750. The van der Waals surface area contributed by atoms with E-state index >= 15 is 0 Å². The Kier molecular flexibility index (Phi) is 3.71. The SMILES string of the molecule is CC(C)=C(C)C(=O)C1CCCCC1. The first-order valence-corrected chi connectivity index (χ1v) is 5.31. The molecule has 0 amide bonds. The highest BCUT2D eigenvalue weighted by molar-refractivity contribution is 5.97. The third-order valence-corrected chi connectivity index (χ3v) is 3.10. The zero-order valence-electron chi connectivity index (χ0n) is 9.02. The molecule has 1 nitrogen and oxygen atoms in total. The maximum atomic E-state index is 11.9. The van der Waals surface area contributed by atoms with Crippen molar-refractivity contribution in [3.05, 3.63) is 11.1 Å². The first kappa shape index (κ1) is 10.5. The molecule has 1 aliphatic rings. The van der Waals surface area contributed by atoms with Gasteiger partial charge in [-0.25, -0.2) is 0 Å². The van der Waals surface area contributed by atoms with Crippen LogP contribution >= 0.6 is 0 Å². The molecule has 1 aliphatic carbocycles. The lowest BCUT2D eigenvalue weighted by molar-refractivity contribution is -0.120. The second-order valence-electron chi connectivity index (χ2n) is 4.32. The monoisotopic (exact) mass is 180 g/mol. The third-order valence-electron chi connectivity index (χ3n) is 3.10. The maximum Gasteiger partial charge on any atom is 0.161 e. The maximum absolute atomic E-state index is 11.9. The topological polar surface area (TPSA) is 17.1 Å². The van der Waals surface area contributed by atoms with E-state index in [4.69, 9.17) is 0 Å². The Labute approximate surface area is 81.2 Å². The van der Waals surface area contributed by atoms with Gasteiger partial charge in [0.15, 0.2) is 5.78 Å². The number of allylic oxidation sites excluding steroid dienone is 2. The molecule has 0 unspecified atom stereocenters. The summed E-state index contributed by atoms with van der Waals surface area (Å²) in [4.78, 5) is 11.9. The first-order chi connectivity index (χ1) is 6.13. The molecule has 0 aromatic carbocycles. The van der Waals surface area contributed by atoms with Crippen LogP contribution in [0.4, 0.5) is 0 Å². The Balaban J connectivity index is 2.61. The summed E-state index contributed by atoms with van der Waals surface area (Å²) in [6.07, 6.45) is 6.03. The molecule has 74 valence electrons. The lowest BCUT2D eigenvalue weighted by Gasteiger charge is -2.20. The summed E-state index contributed by atoms with van der Waals surface area (Å²) >= 11 is 0. The number of ketones is 1. The van der Waals surface area contributed by atoms with Crippen molar-refractivity contribution in [2.75, 3.05) is 0 Å². The highest BCUT2D eigenvalue weighted by Gasteiger charge is 2.22. The van der Waals surface area contributed by atoms with E-state index in [2.05, 4.69) is 0 Å². The molecule has 1 heteroatoms. The summed E-state index contributed by atoms with van der Waals surface area (Å²) in [6.45, 7) is 6.01. The van der Waals surface area contributed by atoms with E-state index in [1.807, 2.05) is 20.8 Å². The fourth-order valence-corrected chi connectivity index (χ4v) is 1.92. The molecular weight excluding hydrogens is 160 g/mol. The quantitative estimate of drug-likeness (QED) is 0.594. The van der Waals surface area contributed by atoms with Gasteiger partial charge >= 0.3 is 0 Å². The number of carbonyl (C=O) groups excluding carboxylic acids is 1. The highest BCUT2D eigenvalue weighted by atomic mass is 16.1. The molecule has 0 heterocycles. The van der Waals surface area contributed by atoms with Crippen molar-refractivity contribution in [3.8, 4) is 0 Å². The first-order valence-electron chi connectivity index (χ1n) is 5.31. The Hall–Kier alpha value is -0.590. The van der Waals surface area contributed by atoms with E-state index in [-0.39, 0.29) is 0 Å². The molecule has 1 fully saturated rings. The average molecular weight is 180 g/mol. The van der Waals surface area contributed by atoms with Crippen molar-refractivity contribution in [1.29, 1.82) is 0 Å². The Morgan fingerprint density at radius 2 is 1.54 bits per heavy atom. The second-order valence-corrected chi connectivity index (χ2v) is 4.32. The van der Waals surface area contributed by atoms with Gasteiger partial charge < -0.3 is 0 Å². The van der Waals surface area contributed by atoms with Gasteiger partial charge in [0.25, 0.3) is 0 Å². The molecule has 1 saturated carbocycles. The van der Waals surface area contributed by atoms with Crippen molar-refractivity contribution >= 4 is 5.78 Å². The van der Waals surface area contributed by atoms with Crippen LogP contribution in [0.5, 0.6) is 0 Å². The minimum absolute atomic E-state index is 0.337. The van der Waals surface area contributed by atoms with Crippen LogP contribution in [0.25, 0.3) is 0 Å². The zero-order valence-corrected chi connectivity index (χ0v) is 9.02. The van der Waals surface area contributed by atoms with Crippen LogP contribution in [0.15, 0.2) is 11.1 Å². The predicted molar refractivity (Wildman–Crippen MR) is 55.6 cm³/mol. The largest absolute Gasteiger partial charge is 0.294 e. The molecule has 0 aromatic heterocycles. The minimum Gasteiger partial charge on any atom is -0.294 e. The second kappa shape index (κ2) is 4.59. The van der Waals surface area contributed by atoms with Crippen molar-refractivity contribution < 1.29 is 4.79 Å². The van der Waals surface area contributed by atoms with Gasteiger partial charge in [-0.3, -0.25) is 4.79 Å². The van der Waals surface area contributed by atoms with Gasteiger partial charge in [-0.15, -0.1) is 0 Å². The van der Waals surface area contributed by atoms with Crippen LogP contribution in [0.2, 0.25) is 0 Å². The zero-order chi connectivity index (χ0) is 9.84. The molecule has 13 heavy (non-hydrogen) atoms. The average Bonchev–Trinajstić information content (AvgIpc) is 2.17. The van der Waals surface area contributed by atoms with E-state index < -0.39 is 0 Å². The van der Waals surface area contributed by atoms with E-state index in [0.29, 0.717) is 11.7 Å². The summed E-state index contributed by atoms with van der Waals surface area (Å²) in [5, 5.41) is 0. The molecule has 0 aliphatic heterocycles. The summed E-state index contributed by atoms with van der Waals surface area (Å²) in [5.41, 5.74) is 2.17. The Bertz CT molecular complexity index is 215. The Morgan fingerprint density at radius 1 is 1.00 bits per heavy atom. The number of rotatable bonds is 2. The fourth-order valence-electron chi connectivity index (χ4n) is 1.92. The number of carbonyl (C=O) groups is 1. The third kappa shape index (κ3) is 2.68. The van der Waals surface area contributed by atoms with Gasteiger partial charge in [-0.1, -0.05) is 24.8 Å². The molecule has 0 bridgehead atoms. The van der Waals surface area contributed by atoms with E-state index in [1.165, 1.54) is 24.8 Å². The van der Waals surface area contributed by atoms with Crippen molar-refractivity contribution in [2.24, 2.45) is 5.92 Å².